The Hall–Kier alpha value is -3.15. The topological polar surface area (TPSA) is 101 Å². The van der Waals surface area contributed by atoms with Gasteiger partial charge in [0.1, 0.15) is 0 Å². The first-order valence-corrected chi connectivity index (χ1v) is 8.57. The molecule has 4 N–H and O–H groups in total. The second kappa shape index (κ2) is 7.82. The summed E-state index contributed by atoms with van der Waals surface area (Å²) in [4.78, 5) is 35.0. The molecule has 0 aromatic heterocycles. The highest BCUT2D eigenvalue weighted by Crippen LogP contribution is 2.40. The van der Waals surface area contributed by atoms with E-state index in [4.69, 9.17) is 5.73 Å². The lowest BCUT2D eigenvalue weighted by molar-refractivity contribution is -0.121. The molecule has 1 saturated carbocycles. The maximum atomic E-state index is 12.0. The average Bonchev–Trinajstić information content (AvgIpc) is 3.41. The number of carbonyl (C=O) groups excluding carboxylic acids is 3. The van der Waals surface area contributed by atoms with E-state index in [1.54, 1.807) is 0 Å². The number of primary amides is 1. The maximum absolute atomic E-state index is 12.0. The van der Waals surface area contributed by atoms with Crippen molar-refractivity contribution in [2.45, 2.75) is 24.8 Å². The molecule has 0 unspecified atom stereocenters. The average molecular weight is 351 g/mol. The first-order valence-electron chi connectivity index (χ1n) is 8.57. The zero-order valence-corrected chi connectivity index (χ0v) is 14.3. The van der Waals surface area contributed by atoms with Gasteiger partial charge in [-0.2, -0.15) is 0 Å². The van der Waals surface area contributed by atoms with Crippen LogP contribution in [0.2, 0.25) is 0 Å². The first kappa shape index (κ1) is 17.7. The zero-order valence-electron chi connectivity index (χ0n) is 14.3. The second-order valence-electron chi connectivity index (χ2n) is 6.37. The van der Waals surface area contributed by atoms with Crippen LogP contribution in [-0.4, -0.2) is 30.3 Å². The molecule has 2 atom stereocenters. The molecule has 6 heteroatoms. The van der Waals surface area contributed by atoms with Crippen LogP contribution in [0.15, 0.2) is 54.6 Å². The van der Waals surface area contributed by atoms with Gasteiger partial charge in [0, 0.05) is 36.1 Å². The number of hydrogen-bond donors (Lipinski definition) is 3. The van der Waals surface area contributed by atoms with Gasteiger partial charge in [0.15, 0.2) is 0 Å². The van der Waals surface area contributed by atoms with E-state index >= 15 is 0 Å². The molecule has 0 aliphatic heterocycles. The predicted molar refractivity (Wildman–Crippen MR) is 97.6 cm³/mol. The van der Waals surface area contributed by atoms with Crippen molar-refractivity contribution in [2.24, 2.45) is 5.73 Å². The highest BCUT2D eigenvalue weighted by atomic mass is 16.2. The number of hydrogen-bond acceptors (Lipinski definition) is 3. The molecule has 3 amide bonds. The molecular formula is C20H21N3O3. The summed E-state index contributed by atoms with van der Waals surface area (Å²) in [5.74, 6) is -0.513. The summed E-state index contributed by atoms with van der Waals surface area (Å²) in [6, 6.07) is 16.4. The highest BCUT2D eigenvalue weighted by molar-refractivity contribution is 5.97. The Bertz CT molecular complexity index is 803. The van der Waals surface area contributed by atoms with E-state index in [0.717, 1.165) is 6.42 Å². The SMILES string of the molecule is NC(=O)c1ccc(C(=O)NCCC(=O)N[C@H]2C[C@@H]2c2ccccc2)cc1. The van der Waals surface area contributed by atoms with E-state index in [9.17, 15) is 14.4 Å². The molecule has 1 fully saturated rings. The summed E-state index contributed by atoms with van der Waals surface area (Å²) in [6.45, 7) is 0.255. The largest absolute Gasteiger partial charge is 0.366 e. The van der Waals surface area contributed by atoms with Crippen LogP contribution in [0.5, 0.6) is 0 Å². The summed E-state index contributed by atoms with van der Waals surface area (Å²) >= 11 is 0. The summed E-state index contributed by atoms with van der Waals surface area (Å²) in [6.07, 6.45) is 1.18. The van der Waals surface area contributed by atoms with E-state index in [-0.39, 0.29) is 30.8 Å². The first-order chi connectivity index (χ1) is 12.5. The molecule has 134 valence electrons. The van der Waals surface area contributed by atoms with Gasteiger partial charge in [-0.05, 0) is 36.2 Å². The third-order valence-corrected chi connectivity index (χ3v) is 4.43. The van der Waals surface area contributed by atoms with Crippen molar-refractivity contribution >= 4 is 17.7 Å². The van der Waals surface area contributed by atoms with Crippen molar-refractivity contribution < 1.29 is 14.4 Å². The van der Waals surface area contributed by atoms with Gasteiger partial charge in [-0.1, -0.05) is 30.3 Å². The molecule has 2 aromatic rings. The van der Waals surface area contributed by atoms with E-state index in [1.165, 1.54) is 29.8 Å². The Balaban J connectivity index is 1.39. The number of nitrogens with one attached hydrogen (secondary N) is 2. The van der Waals surface area contributed by atoms with Gasteiger partial charge in [-0.15, -0.1) is 0 Å². The van der Waals surface area contributed by atoms with Crippen molar-refractivity contribution in [2.75, 3.05) is 6.54 Å². The number of rotatable bonds is 7. The lowest BCUT2D eigenvalue weighted by Crippen LogP contribution is -2.32. The van der Waals surface area contributed by atoms with Crippen LogP contribution in [0.4, 0.5) is 0 Å². The summed E-state index contributed by atoms with van der Waals surface area (Å²) in [5, 5.41) is 5.69. The molecule has 0 saturated heterocycles. The molecule has 0 heterocycles. The zero-order chi connectivity index (χ0) is 18.5. The Morgan fingerprint density at radius 3 is 2.27 bits per heavy atom. The minimum absolute atomic E-state index is 0.0715. The molecule has 1 aliphatic rings. The Labute approximate surface area is 151 Å². The van der Waals surface area contributed by atoms with Crippen LogP contribution in [0.3, 0.4) is 0 Å². The lowest BCUT2D eigenvalue weighted by Gasteiger charge is -2.07. The molecule has 6 nitrogen and oxygen atoms in total. The second-order valence-corrected chi connectivity index (χ2v) is 6.37. The number of carbonyl (C=O) groups is 3. The van der Waals surface area contributed by atoms with E-state index < -0.39 is 5.91 Å². The van der Waals surface area contributed by atoms with Crippen LogP contribution in [0.1, 0.15) is 45.0 Å². The fourth-order valence-electron chi connectivity index (χ4n) is 2.88. The van der Waals surface area contributed by atoms with E-state index in [0.29, 0.717) is 17.0 Å². The lowest BCUT2D eigenvalue weighted by atomic mass is 10.1. The fourth-order valence-corrected chi connectivity index (χ4v) is 2.88. The highest BCUT2D eigenvalue weighted by Gasteiger charge is 2.39. The normalized spacial score (nSPS) is 18.0. The summed E-state index contributed by atoms with van der Waals surface area (Å²) < 4.78 is 0. The third-order valence-electron chi connectivity index (χ3n) is 4.43. The van der Waals surface area contributed by atoms with Gasteiger partial charge in [0.25, 0.3) is 5.91 Å². The predicted octanol–water partition coefficient (Wildman–Crippen LogP) is 1.58. The van der Waals surface area contributed by atoms with Crippen LogP contribution in [0, 0.1) is 0 Å². The molecule has 1 aliphatic carbocycles. The number of amides is 3. The van der Waals surface area contributed by atoms with Crippen molar-refractivity contribution in [3.63, 3.8) is 0 Å². The summed E-state index contributed by atoms with van der Waals surface area (Å²) in [5.41, 5.74) is 7.17. The van der Waals surface area contributed by atoms with Gasteiger partial charge in [0.2, 0.25) is 11.8 Å². The number of benzene rings is 2. The van der Waals surface area contributed by atoms with E-state index in [1.807, 2.05) is 18.2 Å². The molecular weight excluding hydrogens is 330 g/mol. The van der Waals surface area contributed by atoms with E-state index in [2.05, 4.69) is 22.8 Å². The van der Waals surface area contributed by atoms with Crippen molar-refractivity contribution in [3.05, 3.63) is 71.3 Å². The van der Waals surface area contributed by atoms with Crippen LogP contribution in [-0.2, 0) is 4.79 Å². The Kier molecular flexibility index (Phi) is 5.31. The summed E-state index contributed by atoms with van der Waals surface area (Å²) in [7, 11) is 0. The minimum Gasteiger partial charge on any atom is -0.366 e. The molecule has 0 bridgehead atoms. The smallest absolute Gasteiger partial charge is 0.251 e. The van der Waals surface area contributed by atoms with Crippen LogP contribution < -0.4 is 16.4 Å². The molecule has 26 heavy (non-hydrogen) atoms. The fraction of sp³-hybridized carbons (Fsp3) is 0.250. The number of nitrogens with two attached hydrogens (primary N) is 1. The van der Waals surface area contributed by atoms with Crippen molar-refractivity contribution in [1.29, 1.82) is 0 Å². The minimum atomic E-state index is -0.539. The van der Waals surface area contributed by atoms with Gasteiger partial charge in [0.05, 0.1) is 0 Å². The Morgan fingerprint density at radius 1 is 0.962 bits per heavy atom. The van der Waals surface area contributed by atoms with Gasteiger partial charge < -0.3 is 16.4 Å². The van der Waals surface area contributed by atoms with Gasteiger partial charge in [-0.3, -0.25) is 14.4 Å². The van der Waals surface area contributed by atoms with Crippen molar-refractivity contribution in [3.8, 4) is 0 Å². The quantitative estimate of drug-likeness (QED) is 0.706. The Morgan fingerprint density at radius 2 is 1.62 bits per heavy atom. The standard InChI is InChI=1S/C20H21N3O3/c21-19(25)14-6-8-15(9-7-14)20(26)22-11-10-18(24)23-17-12-16(17)13-4-2-1-3-5-13/h1-9,16-17H,10-12H2,(H2,21,25)(H,22,26)(H,23,24)/t16-,17+/m1/s1. The van der Waals surface area contributed by atoms with Crippen molar-refractivity contribution in [1.82, 2.24) is 10.6 Å². The van der Waals surface area contributed by atoms with Gasteiger partial charge in [-0.25, -0.2) is 0 Å². The van der Waals surface area contributed by atoms with Crippen LogP contribution in [0.25, 0.3) is 0 Å². The molecule has 0 spiro atoms. The van der Waals surface area contributed by atoms with Crippen LogP contribution >= 0.6 is 0 Å². The third kappa shape index (κ3) is 4.47. The molecule has 0 radical (unpaired) electrons. The molecule has 2 aromatic carbocycles. The van der Waals surface area contributed by atoms with Gasteiger partial charge >= 0.3 is 0 Å². The maximum Gasteiger partial charge on any atom is 0.251 e. The molecule has 3 rings (SSSR count). The monoisotopic (exact) mass is 351 g/mol.